The van der Waals surface area contributed by atoms with Gasteiger partial charge in [0.1, 0.15) is 12.4 Å². The number of nitrogens with one attached hydrogen (secondary N) is 2. The molecule has 0 unspecified atom stereocenters. The fourth-order valence-electron chi connectivity index (χ4n) is 2.87. The summed E-state index contributed by atoms with van der Waals surface area (Å²) in [6, 6.07) is 7.18. The van der Waals surface area contributed by atoms with Gasteiger partial charge in [0, 0.05) is 19.1 Å². The summed E-state index contributed by atoms with van der Waals surface area (Å²) in [6.45, 7) is 2.65. The lowest BCUT2D eigenvalue weighted by Crippen LogP contribution is -2.30. The molecule has 1 aromatic rings. The molecule has 1 heterocycles. The zero-order valence-corrected chi connectivity index (χ0v) is 10.9. The highest BCUT2D eigenvalue weighted by atomic mass is 16.5. The number of anilines is 1. The maximum absolute atomic E-state index is 5.59. The Balaban J connectivity index is 1.58. The Morgan fingerprint density at radius 2 is 2.11 bits per heavy atom. The van der Waals surface area contributed by atoms with Crippen LogP contribution in [0.5, 0.6) is 5.75 Å². The molecular formula is C15H22N2O. The Morgan fingerprint density at radius 1 is 1.22 bits per heavy atom. The second-order valence-corrected chi connectivity index (χ2v) is 5.32. The molecule has 1 aliphatic carbocycles. The first-order chi connectivity index (χ1) is 8.92. The van der Waals surface area contributed by atoms with E-state index in [9.17, 15) is 0 Å². The first-order valence-electron chi connectivity index (χ1n) is 7.15. The van der Waals surface area contributed by atoms with E-state index in [0.717, 1.165) is 37.2 Å². The normalized spacial score (nSPS) is 19.8. The van der Waals surface area contributed by atoms with Crippen LogP contribution < -0.4 is 15.4 Å². The summed E-state index contributed by atoms with van der Waals surface area (Å²) in [5.41, 5.74) is 2.49. The van der Waals surface area contributed by atoms with E-state index in [1.54, 1.807) is 0 Å². The maximum Gasteiger partial charge on any atom is 0.142 e. The molecule has 0 bridgehead atoms. The van der Waals surface area contributed by atoms with Gasteiger partial charge in [-0.2, -0.15) is 0 Å². The number of fused-ring (bicyclic) bond motifs is 1. The molecule has 1 aliphatic heterocycles. The molecule has 1 aromatic carbocycles. The third kappa shape index (κ3) is 2.78. The molecule has 3 rings (SSSR count). The van der Waals surface area contributed by atoms with E-state index in [0.29, 0.717) is 0 Å². The average Bonchev–Trinajstić information content (AvgIpc) is 2.46. The molecule has 18 heavy (non-hydrogen) atoms. The zero-order chi connectivity index (χ0) is 12.2. The molecule has 2 N–H and O–H groups in total. The molecule has 3 heteroatoms. The third-order valence-electron chi connectivity index (χ3n) is 3.92. The Hall–Kier alpha value is -1.22. The summed E-state index contributed by atoms with van der Waals surface area (Å²) in [7, 11) is 0. The van der Waals surface area contributed by atoms with E-state index in [1.165, 1.54) is 37.7 Å². The number of hydrogen-bond acceptors (Lipinski definition) is 3. The van der Waals surface area contributed by atoms with Gasteiger partial charge < -0.3 is 15.4 Å². The predicted molar refractivity (Wildman–Crippen MR) is 74.1 cm³/mol. The Kier molecular flexibility index (Phi) is 3.69. The molecule has 1 saturated carbocycles. The number of benzene rings is 1. The van der Waals surface area contributed by atoms with Gasteiger partial charge in [0.05, 0.1) is 5.69 Å². The van der Waals surface area contributed by atoms with Gasteiger partial charge in [0.2, 0.25) is 0 Å². The maximum atomic E-state index is 5.59. The highest BCUT2D eigenvalue weighted by Crippen LogP contribution is 2.28. The van der Waals surface area contributed by atoms with Crippen molar-refractivity contribution in [3.63, 3.8) is 0 Å². The minimum atomic E-state index is 0.721. The van der Waals surface area contributed by atoms with Gasteiger partial charge in [-0.1, -0.05) is 25.3 Å². The average molecular weight is 246 g/mol. The quantitative estimate of drug-likeness (QED) is 0.860. The van der Waals surface area contributed by atoms with Gasteiger partial charge in [-0.05, 0) is 30.5 Å². The second-order valence-electron chi connectivity index (χ2n) is 5.32. The molecular weight excluding hydrogens is 224 g/mol. The highest BCUT2D eigenvalue weighted by Gasteiger charge is 2.13. The van der Waals surface area contributed by atoms with Crippen LogP contribution in [0.4, 0.5) is 5.69 Å². The van der Waals surface area contributed by atoms with Crippen molar-refractivity contribution in [3.05, 3.63) is 23.8 Å². The Morgan fingerprint density at radius 3 is 3.00 bits per heavy atom. The fourth-order valence-corrected chi connectivity index (χ4v) is 2.87. The van der Waals surface area contributed by atoms with Crippen molar-refractivity contribution in [2.45, 2.75) is 44.7 Å². The van der Waals surface area contributed by atoms with Crippen molar-refractivity contribution < 1.29 is 4.74 Å². The van der Waals surface area contributed by atoms with Crippen molar-refractivity contribution in [3.8, 4) is 5.75 Å². The van der Waals surface area contributed by atoms with Crippen LogP contribution in [0, 0.1) is 0 Å². The number of ether oxygens (including phenoxy) is 1. The van der Waals surface area contributed by atoms with Crippen LogP contribution in [-0.2, 0) is 6.54 Å². The van der Waals surface area contributed by atoms with E-state index < -0.39 is 0 Å². The Labute approximate surface area is 109 Å². The molecule has 1 fully saturated rings. The van der Waals surface area contributed by atoms with E-state index in [-0.39, 0.29) is 0 Å². The van der Waals surface area contributed by atoms with Crippen molar-refractivity contribution >= 4 is 5.69 Å². The summed E-state index contributed by atoms with van der Waals surface area (Å²) in [5, 5.41) is 7.06. The standard InChI is InChI=1S/C15H22N2O/c1-2-4-13(5-3-1)17-11-12-6-7-15-14(10-12)16-8-9-18-15/h6-7,10,13,16-17H,1-5,8-9,11H2. The third-order valence-corrected chi connectivity index (χ3v) is 3.92. The lowest BCUT2D eigenvalue weighted by Gasteiger charge is -2.24. The molecule has 2 aliphatic rings. The largest absolute Gasteiger partial charge is 0.490 e. The summed E-state index contributed by atoms with van der Waals surface area (Å²) in [6.07, 6.45) is 6.87. The van der Waals surface area contributed by atoms with Crippen molar-refractivity contribution in [1.82, 2.24) is 5.32 Å². The van der Waals surface area contributed by atoms with E-state index in [1.807, 2.05) is 0 Å². The summed E-state index contributed by atoms with van der Waals surface area (Å²) < 4.78 is 5.59. The molecule has 3 nitrogen and oxygen atoms in total. The predicted octanol–water partition coefficient (Wildman–Crippen LogP) is 2.91. The minimum Gasteiger partial charge on any atom is -0.490 e. The lowest BCUT2D eigenvalue weighted by atomic mass is 9.95. The summed E-state index contributed by atoms with van der Waals surface area (Å²) in [5.74, 6) is 0.989. The molecule has 0 spiro atoms. The van der Waals surface area contributed by atoms with Gasteiger partial charge in [0.15, 0.2) is 0 Å². The van der Waals surface area contributed by atoms with Gasteiger partial charge in [0.25, 0.3) is 0 Å². The fraction of sp³-hybridized carbons (Fsp3) is 0.600. The zero-order valence-electron chi connectivity index (χ0n) is 10.9. The number of hydrogen-bond donors (Lipinski definition) is 2. The molecule has 0 saturated heterocycles. The van der Waals surface area contributed by atoms with Crippen molar-refractivity contribution in [1.29, 1.82) is 0 Å². The van der Waals surface area contributed by atoms with E-state index in [2.05, 4.69) is 28.8 Å². The smallest absolute Gasteiger partial charge is 0.142 e. The van der Waals surface area contributed by atoms with Crippen LogP contribution in [0.15, 0.2) is 18.2 Å². The molecule has 0 amide bonds. The van der Waals surface area contributed by atoms with Gasteiger partial charge in [-0.15, -0.1) is 0 Å². The SMILES string of the molecule is c1cc2c(cc1CNC1CCCCC1)NCCO2. The van der Waals surface area contributed by atoms with Crippen LogP contribution in [0.1, 0.15) is 37.7 Å². The molecule has 98 valence electrons. The minimum absolute atomic E-state index is 0.721. The van der Waals surface area contributed by atoms with Crippen LogP contribution in [0.25, 0.3) is 0 Å². The molecule has 0 aromatic heterocycles. The van der Waals surface area contributed by atoms with Crippen LogP contribution in [0.3, 0.4) is 0 Å². The summed E-state index contributed by atoms with van der Waals surface area (Å²) >= 11 is 0. The van der Waals surface area contributed by atoms with Crippen LogP contribution in [0.2, 0.25) is 0 Å². The Bertz CT molecular complexity index is 399. The monoisotopic (exact) mass is 246 g/mol. The van der Waals surface area contributed by atoms with E-state index >= 15 is 0 Å². The van der Waals surface area contributed by atoms with Gasteiger partial charge >= 0.3 is 0 Å². The topological polar surface area (TPSA) is 33.3 Å². The second kappa shape index (κ2) is 5.61. The molecule has 0 atom stereocenters. The summed E-state index contributed by atoms with van der Waals surface area (Å²) in [4.78, 5) is 0. The first kappa shape index (κ1) is 11.8. The van der Waals surface area contributed by atoms with Crippen LogP contribution in [-0.4, -0.2) is 19.2 Å². The van der Waals surface area contributed by atoms with Crippen molar-refractivity contribution in [2.75, 3.05) is 18.5 Å². The van der Waals surface area contributed by atoms with Gasteiger partial charge in [-0.3, -0.25) is 0 Å². The van der Waals surface area contributed by atoms with E-state index in [4.69, 9.17) is 4.74 Å². The highest BCUT2D eigenvalue weighted by molar-refractivity contribution is 5.59. The van der Waals surface area contributed by atoms with Crippen LogP contribution >= 0.6 is 0 Å². The van der Waals surface area contributed by atoms with Gasteiger partial charge in [-0.25, -0.2) is 0 Å². The molecule has 0 radical (unpaired) electrons. The number of rotatable bonds is 3. The van der Waals surface area contributed by atoms with Crippen molar-refractivity contribution in [2.24, 2.45) is 0 Å². The first-order valence-corrected chi connectivity index (χ1v) is 7.15. The lowest BCUT2D eigenvalue weighted by molar-refractivity contribution is 0.323.